The van der Waals surface area contributed by atoms with Gasteiger partial charge in [0.05, 0.1) is 9.47 Å². The van der Waals surface area contributed by atoms with Crippen LogP contribution in [-0.2, 0) is 9.53 Å². The summed E-state index contributed by atoms with van der Waals surface area (Å²) in [6.07, 6.45) is -0.682. The minimum Gasteiger partial charge on any atom is -0.444 e. The van der Waals surface area contributed by atoms with Gasteiger partial charge in [-0.1, -0.05) is 13.8 Å². The number of carbonyl (C=O) groups excluding carboxylic acids is 3. The van der Waals surface area contributed by atoms with Gasteiger partial charge in [0, 0.05) is 0 Å². The highest BCUT2D eigenvalue weighted by Gasteiger charge is 2.28. The number of hydrogen-bond acceptors (Lipinski definition) is 5. The number of alkyl carbamates (subject to hydrolysis) is 1. The summed E-state index contributed by atoms with van der Waals surface area (Å²) in [7, 11) is 0. The first-order valence-electron chi connectivity index (χ1n) is 7.30. The van der Waals surface area contributed by atoms with E-state index in [9.17, 15) is 14.4 Å². The molecule has 3 amide bonds. The van der Waals surface area contributed by atoms with Crippen LogP contribution in [0.5, 0.6) is 0 Å². The van der Waals surface area contributed by atoms with Gasteiger partial charge in [0.25, 0.3) is 5.91 Å². The summed E-state index contributed by atoms with van der Waals surface area (Å²) in [5, 5.41) is 5.18. The summed E-state index contributed by atoms with van der Waals surface area (Å²) in [4.78, 5) is 36.1. The number of rotatable bonds is 5. The molecule has 1 atom stereocenters. The average Bonchev–Trinajstić information content (AvgIpc) is 2.74. The second-order valence-electron chi connectivity index (χ2n) is 6.51. The molecule has 0 radical (unpaired) electrons. The average molecular weight is 420 g/mol. The standard InChI is InChI=1S/C15H22BrN3O4S/c1-7(2)10(19-14(22)23-15(3,4)5)13(21)18-8-6-9(16)24-11(8)12(17)20/h6-7,10H,1-5H3,(H2,17,20)(H,18,21)(H,19,22). The Morgan fingerprint density at radius 1 is 1.29 bits per heavy atom. The number of halogens is 1. The molecule has 1 rings (SSSR count). The van der Waals surface area contributed by atoms with Crippen LogP contribution in [0.1, 0.15) is 44.3 Å². The molecule has 134 valence electrons. The first-order chi connectivity index (χ1) is 10.9. The second kappa shape index (κ2) is 7.98. The van der Waals surface area contributed by atoms with E-state index in [0.717, 1.165) is 11.3 Å². The van der Waals surface area contributed by atoms with Gasteiger partial charge in [-0.05, 0) is 48.7 Å². The highest BCUT2D eigenvalue weighted by molar-refractivity contribution is 9.11. The maximum absolute atomic E-state index is 12.5. The SMILES string of the molecule is CC(C)C(NC(=O)OC(C)(C)C)C(=O)Nc1cc(Br)sc1C(N)=O. The minimum absolute atomic E-state index is 0.184. The molecule has 24 heavy (non-hydrogen) atoms. The van der Waals surface area contributed by atoms with Gasteiger partial charge >= 0.3 is 6.09 Å². The van der Waals surface area contributed by atoms with E-state index < -0.39 is 29.6 Å². The fraction of sp³-hybridized carbons (Fsp3) is 0.533. The van der Waals surface area contributed by atoms with Crippen molar-refractivity contribution in [2.45, 2.75) is 46.3 Å². The lowest BCUT2D eigenvalue weighted by Gasteiger charge is -2.25. The normalized spacial score (nSPS) is 12.6. The van der Waals surface area contributed by atoms with Gasteiger partial charge < -0.3 is 21.1 Å². The lowest BCUT2D eigenvalue weighted by atomic mass is 10.0. The molecule has 0 saturated carbocycles. The lowest BCUT2D eigenvalue weighted by Crippen LogP contribution is -2.48. The monoisotopic (exact) mass is 419 g/mol. The molecule has 0 aliphatic heterocycles. The zero-order valence-corrected chi connectivity index (χ0v) is 16.6. The van der Waals surface area contributed by atoms with Gasteiger partial charge in [-0.2, -0.15) is 0 Å². The summed E-state index contributed by atoms with van der Waals surface area (Å²) in [6.45, 7) is 8.79. The molecule has 1 aromatic rings. The predicted molar refractivity (Wildman–Crippen MR) is 97.2 cm³/mol. The zero-order chi connectivity index (χ0) is 18.7. The minimum atomic E-state index is -0.820. The third-order valence-corrected chi connectivity index (χ3v) is 4.46. The number of ether oxygens (including phenoxy) is 1. The van der Waals surface area contributed by atoms with Crippen molar-refractivity contribution in [1.82, 2.24) is 5.32 Å². The third kappa shape index (κ3) is 6.12. The maximum atomic E-state index is 12.5. The van der Waals surface area contributed by atoms with Crippen LogP contribution in [0.3, 0.4) is 0 Å². The molecule has 0 bridgehead atoms. The van der Waals surface area contributed by atoms with Crippen molar-refractivity contribution >= 4 is 50.9 Å². The molecule has 1 heterocycles. The summed E-state index contributed by atoms with van der Waals surface area (Å²) in [6, 6.07) is 0.771. The van der Waals surface area contributed by atoms with E-state index in [-0.39, 0.29) is 10.8 Å². The molecule has 0 fully saturated rings. The Kier molecular flexibility index (Phi) is 6.79. The fourth-order valence-electron chi connectivity index (χ4n) is 1.82. The highest BCUT2D eigenvalue weighted by Crippen LogP contribution is 2.31. The number of primary amides is 1. The number of carbonyl (C=O) groups is 3. The Hall–Kier alpha value is -1.61. The fourth-order valence-corrected chi connectivity index (χ4v) is 3.22. The number of nitrogens with two attached hydrogens (primary N) is 1. The summed E-state index contributed by atoms with van der Waals surface area (Å²) < 4.78 is 5.84. The molecule has 7 nitrogen and oxygen atoms in total. The first kappa shape index (κ1) is 20.4. The van der Waals surface area contributed by atoms with Gasteiger partial charge in [-0.3, -0.25) is 9.59 Å². The van der Waals surface area contributed by atoms with E-state index in [0.29, 0.717) is 9.47 Å². The number of anilines is 1. The molecular weight excluding hydrogens is 398 g/mol. The van der Waals surface area contributed by atoms with Crippen molar-refractivity contribution in [3.63, 3.8) is 0 Å². The van der Waals surface area contributed by atoms with Crippen LogP contribution in [0.15, 0.2) is 9.85 Å². The van der Waals surface area contributed by atoms with Crippen molar-refractivity contribution in [2.24, 2.45) is 11.7 Å². The Bertz CT molecular complexity index is 637. The third-order valence-electron chi connectivity index (χ3n) is 2.81. The largest absolute Gasteiger partial charge is 0.444 e. The van der Waals surface area contributed by atoms with Crippen LogP contribution < -0.4 is 16.4 Å². The van der Waals surface area contributed by atoms with Crippen LogP contribution in [0.25, 0.3) is 0 Å². The Balaban J connectivity index is 2.88. The number of thiophene rings is 1. The van der Waals surface area contributed by atoms with Crippen LogP contribution in [0.4, 0.5) is 10.5 Å². The molecular formula is C15H22BrN3O4S. The van der Waals surface area contributed by atoms with Crippen molar-refractivity contribution in [3.05, 3.63) is 14.7 Å². The van der Waals surface area contributed by atoms with E-state index >= 15 is 0 Å². The van der Waals surface area contributed by atoms with Crippen LogP contribution in [-0.4, -0.2) is 29.6 Å². The number of amides is 3. The van der Waals surface area contributed by atoms with Crippen molar-refractivity contribution < 1.29 is 19.1 Å². The Labute approximate surface area is 153 Å². The summed E-state index contributed by atoms with van der Waals surface area (Å²) in [5.41, 5.74) is 4.94. The van der Waals surface area contributed by atoms with E-state index in [1.54, 1.807) is 40.7 Å². The van der Waals surface area contributed by atoms with Gasteiger partial charge in [0.15, 0.2) is 0 Å². The van der Waals surface area contributed by atoms with Gasteiger partial charge in [-0.25, -0.2) is 4.79 Å². The highest BCUT2D eigenvalue weighted by atomic mass is 79.9. The maximum Gasteiger partial charge on any atom is 0.408 e. The molecule has 0 spiro atoms. The number of hydrogen-bond donors (Lipinski definition) is 3. The van der Waals surface area contributed by atoms with E-state index in [4.69, 9.17) is 10.5 Å². The van der Waals surface area contributed by atoms with E-state index in [1.165, 1.54) is 0 Å². The molecule has 4 N–H and O–H groups in total. The molecule has 0 saturated heterocycles. The van der Waals surface area contributed by atoms with Gasteiger partial charge in [0.1, 0.15) is 16.5 Å². The van der Waals surface area contributed by atoms with Crippen LogP contribution >= 0.6 is 27.3 Å². The van der Waals surface area contributed by atoms with Gasteiger partial charge in [0.2, 0.25) is 5.91 Å². The molecule has 1 aromatic heterocycles. The predicted octanol–water partition coefficient (Wildman–Crippen LogP) is 3.10. The topological polar surface area (TPSA) is 111 Å². The Morgan fingerprint density at radius 2 is 1.88 bits per heavy atom. The second-order valence-corrected chi connectivity index (χ2v) is 8.95. The zero-order valence-electron chi connectivity index (χ0n) is 14.2. The van der Waals surface area contributed by atoms with Crippen LogP contribution in [0, 0.1) is 5.92 Å². The molecule has 0 aliphatic carbocycles. The van der Waals surface area contributed by atoms with Crippen molar-refractivity contribution in [1.29, 1.82) is 0 Å². The molecule has 0 aromatic carbocycles. The summed E-state index contributed by atoms with van der Waals surface area (Å²) in [5.74, 6) is -1.28. The summed E-state index contributed by atoms with van der Waals surface area (Å²) >= 11 is 4.37. The van der Waals surface area contributed by atoms with Crippen molar-refractivity contribution in [3.8, 4) is 0 Å². The number of nitrogens with one attached hydrogen (secondary N) is 2. The van der Waals surface area contributed by atoms with E-state index in [1.807, 2.05) is 0 Å². The van der Waals surface area contributed by atoms with Gasteiger partial charge in [-0.15, -0.1) is 11.3 Å². The Morgan fingerprint density at radius 3 is 2.33 bits per heavy atom. The molecule has 9 heteroatoms. The lowest BCUT2D eigenvalue weighted by molar-refractivity contribution is -0.119. The first-order valence-corrected chi connectivity index (χ1v) is 8.91. The molecule has 1 unspecified atom stereocenters. The quantitative estimate of drug-likeness (QED) is 0.680. The van der Waals surface area contributed by atoms with Crippen molar-refractivity contribution in [2.75, 3.05) is 5.32 Å². The van der Waals surface area contributed by atoms with Crippen LogP contribution in [0.2, 0.25) is 0 Å². The van der Waals surface area contributed by atoms with E-state index in [2.05, 4.69) is 26.6 Å². The smallest absolute Gasteiger partial charge is 0.408 e. The molecule has 0 aliphatic rings.